The highest BCUT2D eigenvalue weighted by Gasteiger charge is 2.19. The van der Waals surface area contributed by atoms with E-state index in [1.165, 1.54) is 11.3 Å². The van der Waals surface area contributed by atoms with Crippen LogP contribution >= 0.6 is 0 Å². The van der Waals surface area contributed by atoms with Gasteiger partial charge >= 0.3 is 0 Å². The molecule has 1 rings (SSSR count). The molecular weight excluding hydrogens is 186 g/mol. The molecule has 1 heterocycles. The van der Waals surface area contributed by atoms with Crippen LogP contribution in [0.4, 0.5) is 0 Å². The van der Waals surface area contributed by atoms with Crippen LogP contribution in [0, 0.1) is 0 Å². The molecule has 84 valence electrons. The Bertz CT molecular complexity index is 335. The van der Waals surface area contributed by atoms with E-state index in [1.54, 1.807) is 0 Å². The van der Waals surface area contributed by atoms with Gasteiger partial charge in [0.2, 0.25) is 0 Å². The highest BCUT2D eigenvalue weighted by atomic mass is 15.6. The van der Waals surface area contributed by atoms with Crippen LogP contribution < -0.4 is 0 Å². The Labute approximate surface area is 92.8 Å². The van der Waals surface area contributed by atoms with Gasteiger partial charge in [-0.25, -0.2) is 5.01 Å². The molecule has 0 N–H and O–H groups in total. The molecule has 0 aromatic heterocycles. The second-order valence-corrected chi connectivity index (χ2v) is 4.14. The van der Waals surface area contributed by atoms with Crippen molar-refractivity contribution in [2.75, 3.05) is 14.1 Å². The first kappa shape index (κ1) is 12.0. The molecule has 1 aliphatic rings. The Kier molecular flexibility index (Phi) is 3.69. The first-order valence-electron chi connectivity index (χ1n) is 5.37. The van der Waals surface area contributed by atoms with Crippen LogP contribution in [0.15, 0.2) is 28.2 Å². The molecule has 0 amide bonds. The summed E-state index contributed by atoms with van der Waals surface area (Å²) >= 11 is 0. The second-order valence-electron chi connectivity index (χ2n) is 4.14. The van der Waals surface area contributed by atoms with Crippen molar-refractivity contribution in [3.63, 3.8) is 0 Å². The normalized spacial score (nSPS) is 20.3. The van der Waals surface area contributed by atoms with Crippen LogP contribution in [-0.4, -0.2) is 29.8 Å². The van der Waals surface area contributed by atoms with Gasteiger partial charge in [-0.1, -0.05) is 6.92 Å². The molecular formula is C12H21N3. The zero-order chi connectivity index (χ0) is 11.6. The molecule has 0 aliphatic carbocycles. The molecule has 0 spiro atoms. The number of hydrogen-bond donors (Lipinski definition) is 0. The number of aliphatic imine (C=N–C) groups is 1. The molecule has 0 aromatic carbocycles. The molecule has 0 atom stereocenters. The van der Waals surface area contributed by atoms with E-state index >= 15 is 0 Å². The number of hydrogen-bond acceptors (Lipinski definition) is 3. The summed E-state index contributed by atoms with van der Waals surface area (Å²) in [7, 11) is 4.09. The van der Waals surface area contributed by atoms with Crippen LogP contribution in [0.1, 0.15) is 34.1 Å². The van der Waals surface area contributed by atoms with Gasteiger partial charge in [-0.2, -0.15) is 0 Å². The van der Waals surface area contributed by atoms with Crippen molar-refractivity contribution in [2.45, 2.75) is 34.1 Å². The van der Waals surface area contributed by atoms with E-state index in [9.17, 15) is 0 Å². The summed E-state index contributed by atoms with van der Waals surface area (Å²) in [4.78, 5) is 4.52. The summed E-state index contributed by atoms with van der Waals surface area (Å²) in [6.07, 6.45) is 3.13. The Hall–Kier alpha value is -1.09. The molecule has 0 fully saturated rings. The lowest BCUT2D eigenvalue weighted by Gasteiger charge is -2.34. The standard InChI is InChI=1S/C12H21N3/c1-7-9(2)12-11(4)13-10(3)8-15(12)14(5)6/h8H,7H2,1-6H3/b12-9+. The number of hydrazine groups is 1. The largest absolute Gasteiger partial charge is 0.279 e. The quantitative estimate of drug-likeness (QED) is 0.693. The van der Waals surface area contributed by atoms with E-state index in [1.807, 2.05) is 21.0 Å². The molecule has 0 unspecified atom stereocenters. The lowest BCUT2D eigenvalue weighted by atomic mass is 10.1. The van der Waals surface area contributed by atoms with Gasteiger partial charge < -0.3 is 0 Å². The smallest absolute Gasteiger partial charge is 0.0774 e. The van der Waals surface area contributed by atoms with Crippen molar-refractivity contribution in [2.24, 2.45) is 4.99 Å². The molecule has 0 radical (unpaired) electrons. The third-order valence-electron chi connectivity index (χ3n) is 2.59. The maximum Gasteiger partial charge on any atom is 0.0774 e. The third kappa shape index (κ3) is 2.48. The third-order valence-corrected chi connectivity index (χ3v) is 2.59. The van der Waals surface area contributed by atoms with Gasteiger partial charge in [0.15, 0.2) is 0 Å². The maximum absolute atomic E-state index is 4.52. The van der Waals surface area contributed by atoms with E-state index in [2.05, 4.69) is 42.0 Å². The average molecular weight is 207 g/mol. The molecule has 3 heteroatoms. The van der Waals surface area contributed by atoms with Crippen molar-refractivity contribution in [1.82, 2.24) is 10.0 Å². The van der Waals surface area contributed by atoms with Gasteiger partial charge in [0.25, 0.3) is 0 Å². The highest BCUT2D eigenvalue weighted by Crippen LogP contribution is 2.22. The lowest BCUT2D eigenvalue weighted by Crippen LogP contribution is -2.36. The first-order valence-corrected chi connectivity index (χ1v) is 5.37. The molecule has 15 heavy (non-hydrogen) atoms. The van der Waals surface area contributed by atoms with Gasteiger partial charge in [-0.05, 0) is 32.8 Å². The molecule has 1 aliphatic heterocycles. The summed E-state index contributed by atoms with van der Waals surface area (Å²) in [6.45, 7) is 8.44. The van der Waals surface area contributed by atoms with Crippen molar-refractivity contribution in [3.05, 3.63) is 23.2 Å². The molecule has 0 aromatic rings. The zero-order valence-corrected chi connectivity index (χ0v) is 10.6. The molecule has 0 saturated carbocycles. The van der Waals surface area contributed by atoms with Crippen molar-refractivity contribution in [1.29, 1.82) is 0 Å². The predicted octanol–water partition coefficient (Wildman–Crippen LogP) is 2.78. The summed E-state index contributed by atoms with van der Waals surface area (Å²) in [5, 5.41) is 4.24. The summed E-state index contributed by atoms with van der Waals surface area (Å²) in [5.74, 6) is 0. The van der Waals surface area contributed by atoms with E-state index in [0.717, 1.165) is 17.8 Å². The summed E-state index contributed by atoms with van der Waals surface area (Å²) in [6, 6.07) is 0. The monoisotopic (exact) mass is 207 g/mol. The van der Waals surface area contributed by atoms with Crippen LogP contribution in [0.3, 0.4) is 0 Å². The van der Waals surface area contributed by atoms with Crippen LogP contribution in [0.25, 0.3) is 0 Å². The number of nitrogens with zero attached hydrogens (tertiary/aromatic N) is 3. The fourth-order valence-corrected chi connectivity index (χ4v) is 1.74. The van der Waals surface area contributed by atoms with Gasteiger partial charge in [-0.3, -0.25) is 10.0 Å². The first-order chi connectivity index (χ1) is 6.97. The Morgan fingerprint density at radius 3 is 2.47 bits per heavy atom. The van der Waals surface area contributed by atoms with Crippen molar-refractivity contribution < 1.29 is 0 Å². The molecule has 0 saturated heterocycles. The lowest BCUT2D eigenvalue weighted by molar-refractivity contribution is 0.129. The fraction of sp³-hybridized carbons (Fsp3) is 0.583. The van der Waals surface area contributed by atoms with E-state index < -0.39 is 0 Å². The van der Waals surface area contributed by atoms with Gasteiger partial charge in [0.05, 0.1) is 17.1 Å². The minimum atomic E-state index is 1.05. The highest BCUT2D eigenvalue weighted by molar-refractivity contribution is 5.99. The topological polar surface area (TPSA) is 18.8 Å². The summed E-state index contributed by atoms with van der Waals surface area (Å²) in [5.41, 5.74) is 4.75. The van der Waals surface area contributed by atoms with Crippen LogP contribution in [0.2, 0.25) is 0 Å². The minimum absolute atomic E-state index is 1.05. The number of allylic oxidation sites excluding steroid dienone is 3. The average Bonchev–Trinajstić information content (AvgIpc) is 2.15. The fourth-order valence-electron chi connectivity index (χ4n) is 1.74. The molecule has 0 bridgehead atoms. The van der Waals surface area contributed by atoms with Gasteiger partial charge in [0, 0.05) is 20.3 Å². The molecule has 3 nitrogen and oxygen atoms in total. The Balaban J connectivity index is 3.20. The second kappa shape index (κ2) is 4.62. The van der Waals surface area contributed by atoms with Crippen molar-refractivity contribution in [3.8, 4) is 0 Å². The predicted molar refractivity (Wildman–Crippen MR) is 65.4 cm³/mol. The van der Waals surface area contributed by atoms with Crippen molar-refractivity contribution >= 4 is 5.71 Å². The van der Waals surface area contributed by atoms with Crippen LogP contribution in [0.5, 0.6) is 0 Å². The van der Waals surface area contributed by atoms with E-state index in [-0.39, 0.29) is 0 Å². The SMILES string of the molecule is CC/C(C)=C1\C(C)=NC(C)=CN1N(C)C. The Morgan fingerprint density at radius 2 is 2.00 bits per heavy atom. The summed E-state index contributed by atoms with van der Waals surface area (Å²) < 4.78 is 0. The van der Waals surface area contributed by atoms with Crippen LogP contribution in [-0.2, 0) is 0 Å². The maximum atomic E-state index is 4.52. The minimum Gasteiger partial charge on any atom is -0.279 e. The Morgan fingerprint density at radius 1 is 1.40 bits per heavy atom. The zero-order valence-electron chi connectivity index (χ0n) is 10.6. The van der Waals surface area contributed by atoms with E-state index in [0.29, 0.717) is 0 Å². The van der Waals surface area contributed by atoms with E-state index in [4.69, 9.17) is 0 Å². The van der Waals surface area contributed by atoms with Gasteiger partial charge in [-0.15, -0.1) is 0 Å². The van der Waals surface area contributed by atoms with Gasteiger partial charge in [0.1, 0.15) is 0 Å². The number of rotatable bonds is 2.